The molecule has 1 amide bonds. The van der Waals surface area contributed by atoms with E-state index in [4.69, 9.17) is 14.2 Å². The number of ether oxygens (including phenoxy) is 3. The number of rotatable bonds is 8. The zero-order valence-electron chi connectivity index (χ0n) is 17.6. The summed E-state index contributed by atoms with van der Waals surface area (Å²) in [6.07, 6.45) is 0.905. The Hall–Kier alpha value is -3.06. The van der Waals surface area contributed by atoms with Crippen LogP contribution in [0, 0.1) is 0 Å². The first kappa shape index (κ1) is 21.6. The Bertz CT molecular complexity index is 885. The molecule has 7 heteroatoms. The van der Waals surface area contributed by atoms with Crippen LogP contribution in [0.1, 0.15) is 30.5 Å². The van der Waals surface area contributed by atoms with E-state index in [-0.39, 0.29) is 30.9 Å². The van der Waals surface area contributed by atoms with Crippen molar-refractivity contribution in [3.8, 4) is 11.5 Å². The first-order valence-corrected chi connectivity index (χ1v) is 10.0. The lowest BCUT2D eigenvalue weighted by atomic mass is 9.90. The fourth-order valence-electron chi connectivity index (χ4n) is 3.79. The molecule has 7 nitrogen and oxygen atoms in total. The van der Waals surface area contributed by atoms with Crippen molar-refractivity contribution < 1.29 is 23.8 Å². The van der Waals surface area contributed by atoms with Crippen molar-refractivity contribution in [2.24, 2.45) is 0 Å². The highest BCUT2D eigenvalue weighted by molar-refractivity contribution is 5.92. The van der Waals surface area contributed by atoms with Crippen LogP contribution >= 0.6 is 0 Å². The first-order valence-electron chi connectivity index (χ1n) is 10.0. The maximum Gasteiger partial charge on any atom is 0.307 e. The molecule has 0 saturated heterocycles. The molecule has 2 aromatic carbocycles. The third-order valence-electron chi connectivity index (χ3n) is 5.18. The number of esters is 1. The number of para-hydroxylation sites is 1. The SMILES string of the molecule is CCOC(=O)C[C@H]1c2cc(OC)c(OC)cc2CCN1CC(=O)Nc1ccccc1. The molecule has 3 rings (SSSR count). The van der Waals surface area contributed by atoms with Gasteiger partial charge in [-0.3, -0.25) is 14.5 Å². The number of carbonyl (C=O) groups is 2. The van der Waals surface area contributed by atoms with Crippen LogP contribution in [0.4, 0.5) is 5.69 Å². The minimum absolute atomic E-state index is 0.126. The molecular formula is C23H28N2O5. The lowest BCUT2D eigenvalue weighted by Gasteiger charge is -2.37. The number of nitrogens with one attached hydrogen (secondary N) is 1. The van der Waals surface area contributed by atoms with Crippen molar-refractivity contribution in [3.63, 3.8) is 0 Å². The van der Waals surface area contributed by atoms with Gasteiger partial charge >= 0.3 is 5.97 Å². The third kappa shape index (κ3) is 5.10. The van der Waals surface area contributed by atoms with Crippen LogP contribution in [-0.2, 0) is 20.7 Å². The average Bonchev–Trinajstić information content (AvgIpc) is 2.75. The molecule has 0 bridgehead atoms. The van der Waals surface area contributed by atoms with Gasteiger partial charge in [0.25, 0.3) is 0 Å². The number of amides is 1. The second-order valence-electron chi connectivity index (χ2n) is 7.07. The van der Waals surface area contributed by atoms with E-state index in [0.29, 0.717) is 24.7 Å². The second-order valence-corrected chi connectivity index (χ2v) is 7.07. The maximum atomic E-state index is 12.7. The van der Waals surface area contributed by atoms with Gasteiger partial charge in [-0.15, -0.1) is 0 Å². The number of benzene rings is 2. The Kier molecular flexibility index (Phi) is 7.30. The molecule has 0 aliphatic carbocycles. The number of methoxy groups -OCH3 is 2. The van der Waals surface area contributed by atoms with E-state index < -0.39 is 0 Å². The Morgan fingerprint density at radius 3 is 2.47 bits per heavy atom. The standard InChI is InChI=1S/C23H28N2O5/c1-4-30-23(27)14-19-18-13-21(29-3)20(28-2)12-16(18)10-11-25(19)15-22(26)24-17-8-6-5-7-9-17/h5-9,12-13,19H,4,10-11,14-15H2,1-3H3,(H,24,26)/t19-/m0/s1. The van der Waals surface area contributed by atoms with Crippen LogP contribution in [0.2, 0.25) is 0 Å². The summed E-state index contributed by atoms with van der Waals surface area (Å²) in [5.74, 6) is 0.833. The average molecular weight is 412 g/mol. The Balaban J connectivity index is 1.85. The molecule has 1 atom stereocenters. The Morgan fingerprint density at radius 2 is 1.80 bits per heavy atom. The number of nitrogens with zero attached hydrogens (tertiary/aromatic N) is 1. The minimum atomic E-state index is -0.293. The van der Waals surface area contributed by atoms with Crippen LogP contribution in [0.5, 0.6) is 11.5 Å². The van der Waals surface area contributed by atoms with Crippen molar-refractivity contribution in [1.82, 2.24) is 4.90 Å². The number of anilines is 1. The van der Waals surface area contributed by atoms with Crippen molar-refractivity contribution >= 4 is 17.6 Å². The molecule has 160 valence electrons. The predicted molar refractivity (Wildman–Crippen MR) is 114 cm³/mol. The minimum Gasteiger partial charge on any atom is -0.493 e. The number of hydrogen-bond donors (Lipinski definition) is 1. The fourth-order valence-corrected chi connectivity index (χ4v) is 3.79. The van der Waals surface area contributed by atoms with Crippen molar-refractivity contribution in [3.05, 3.63) is 53.6 Å². The first-order chi connectivity index (χ1) is 14.5. The second kappa shape index (κ2) is 10.1. The summed E-state index contributed by atoms with van der Waals surface area (Å²) < 4.78 is 16.1. The zero-order valence-corrected chi connectivity index (χ0v) is 17.6. The summed E-state index contributed by atoms with van der Waals surface area (Å²) >= 11 is 0. The van der Waals surface area contributed by atoms with Gasteiger partial charge < -0.3 is 19.5 Å². The summed E-state index contributed by atoms with van der Waals surface area (Å²) in [4.78, 5) is 27.0. The van der Waals surface area contributed by atoms with Gasteiger partial charge in [0.15, 0.2) is 11.5 Å². The summed E-state index contributed by atoms with van der Waals surface area (Å²) in [6, 6.07) is 12.9. The Morgan fingerprint density at radius 1 is 1.10 bits per heavy atom. The summed E-state index contributed by atoms with van der Waals surface area (Å²) in [7, 11) is 3.18. The van der Waals surface area contributed by atoms with E-state index in [9.17, 15) is 9.59 Å². The van der Waals surface area contributed by atoms with Crippen LogP contribution < -0.4 is 14.8 Å². The Labute approximate surface area is 176 Å². The molecule has 1 aliphatic heterocycles. The van der Waals surface area contributed by atoms with E-state index in [1.165, 1.54) is 0 Å². The molecule has 1 aliphatic rings. The van der Waals surface area contributed by atoms with E-state index >= 15 is 0 Å². The predicted octanol–water partition coefficient (Wildman–Crippen LogP) is 3.19. The maximum absolute atomic E-state index is 12.7. The molecular weight excluding hydrogens is 384 g/mol. The lowest BCUT2D eigenvalue weighted by Crippen LogP contribution is -2.41. The number of hydrogen-bond acceptors (Lipinski definition) is 6. The van der Waals surface area contributed by atoms with Crippen molar-refractivity contribution in [2.45, 2.75) is 25.8 Å². The van der Waals surface area contributed by atoms with Gasteiger partial charge in [0.2, 0.25) is 5.91 Å². The molecule has 2 aromatic rings. The van der Waals surface area contributed by atoms with Crippen LogP contribution in [0.25, 0.3) is 0 Å². The van der Waals surface area contributed by atoms with Gasteiger partial charge in [-0.1, -0.05) is 18.2 Å². The molecule has 1 N–H and O–H groups in total. The van der Waals surface area contributed by atoms with Gasteiger partial charge in [0.05, 0.1) is 33.8 Å². The molecule has 30 heavy (non-hydrogen) atoms. The van der Waals surface area contributed by atoms with Gasteiger partial charge in [-0.05, 0) is 48.7 Å². The van der Waals surface area contributed by atoms with Crippen LogP contribution in [0.15, 0.2) is 42.5 Å². The summed E-state index contributed by atoms with van der Waals surface area (Å²) in [6.45, 7) is 2.92. The van der Waals surface area contributed by atoms with E-state index in [2.05, 4.69) is 5.32 Å². The van der Waals surface area contributed by atoms with Gasteiger partial charge in [0, 0.05) is 18.3 Å². The summed E-state index contributed by atoms with van der Waals surface area (Å²) in [5, 5.41) is 2.91. The third-order valence-corrected chi connectivity index (χ3v) is 5.18. The van der Waals surface area contributed by atoms with Crippen LogP contribution in [0.3, 0.4) is 0 Å². The topological polar surface area (TPSA) is 77.1 Å². The lowest BCUT2D eigenvalue weighted by molar-refractivity contribution is -0.145. The molecule has 0 aromatic heterocycles. The summed E-state index contributed by atoms with van der Waals surface area (Å²) in [5.41, 5.74) is 2.79. The van der Waals surface area contributed by atoms with Gasteiger partial charge in [-0.25, -0.2) is 0 Å². The highest BCUT2D eigenvalue weighted by atomic mass is 16.5. The molecule has 0 spiro atoms. The van der Waals surface area contributed by atoms with E-state index in [1.54, 1.807) is 21.1 Å². The quantitative estimate of drug-likeness (QED) is 0.671. The van der Waals surface area contributed by atoms with E-state index in [0.717, 1.165) is 23.2 Å². The van der Waals surface area contributed by atoms with Crippen molar-refractivity contribution in [2.75, 3.05) is 39.2 Å². The van der Waals surface area contributed by atoms with E-state index in [1.807, 2.05) is 47.4 Å². The fraction of sp³-hybridized carbons (Fsp3) is 0.391. The highest BCUT2D eigenvalue weighted by Gasteiger charge is 2.32. The number of fused-ring (bicyclic) bond motifs is 1. The smallest absolute Gasteiger partial charge is 0.307 e. The highest BCUT2D eigenvalue weighted by Crippen LogP contribution is 2.39. The largest absolute Gasteiger partial charge is 0.493 e. The molecule has 1 heterocycles. The molecule has 0 radical (unpaired) electrons. The van der Waals surface area contributed by atoms with Crippen LogP contribution in [-0.4, -0.2) is 50.7 Å². The number of carbonyl (C=O) groups excluding carboxylic acids is 2. The van der Waals surface area contributed by atoms with Gasteiger partial charge in [0.1, 0.15) is 0 Å². The monoisotopic (exact) mass is 412 g/mol. The normalized spacial score (nSPS) is 15.8. The molecule has 0 saturated carbocycles. The van der Waals surface area contributed by atoms with Gasteiger partial charge in [-0.2, -0.15) is 0 Å². The molecule has 0 unspecified atom stereocenters. The zero-order chi connectivity index (χ0) is 21.5. The van der Waals surface area contributed by atoms with Crippen molar-refractivity contribution in [1.29, 1.82) is 0 Å². The molecule has 0 fully saturated rings.